The first kappa shape index (κ1) is 15.9. The van der Waals surface area contributed by atoms with Gasteiger partial charge in [0.25, 0.3) is 0 Å². The van der Waals surface area contributed by atoms with Gasteiger partial charge in [-0.2, -0.15) is 0 Å². The molecule has 0 aromatic heterocycles. The number of ether oxygens (including phenoxy) is 1. The van der Waals surface area contributed by atoms with Crippen molar-refractivity contribution in [3.05, 3.63) is 54.1 Å². The smallest absolute Gasteiger partial charge is 0.243 e. The molecule has 2 N–H and O–H groups in total. The second-order valence-electron chi connectivity index (χ2n) is 5.14. The lowest BCUT2D eigenvalue weighted by Crippen LogP contribution is -2.21. The molecule has 0 unspecified atom stereocenters. The van der Waals surface area contributed by atoms with Crippen LogP contribution in [0.4, 0.5) is 11.4 Å². The molecular formula is C18H22N2O2. The Bertz CT molecular complexity index is 609. The average molecular weight is 298 g/mol. The first-order valence-electron chi connectivity index (χ1n) is 7.50. The third-order valence-corrected chi connectivity index (χ3v) is 3.08. The fourth-order valence-corrected chi connectivity index (χ4v) is 2.00. The number of amides is 1. The summed E-state index contributed by atoms with van der Waals surface area (Å²) >= 11 is 0. The van der Waals surface area contributed by atoms with Gasteiger partial charge >= 0.3 is 0 Å². The van der Waals surface area contributed by atoms with Gasteiger partial charge in [-0.05, 0) is 55.3 Å². The lowest BCUT2D eigenvalue weighted by atomic mass is 10.2. The zero-order valence-corrected chi connectivity index (χ0v) is 13.1. The molecule has 2 aromatic rings. The van der Waals surface area contributed by atoms with Crippen molar-refractivity contribution < 1.29 is 9.53 Å². The Morgan fingerprint density at radius 1 is 1.09 bits per heavy atom. The third kappa shape index (κ3) is 5.13. The molecule has 0 radical (unpaired) electrons. The van der Waals surface area contributed by atoms with Gasteiger partial charge in [-0.3, -0.25) is 4.79 Å². The van der Waals surface area contributed by atoms with Crippen molar-refractivity contribution in [1.82, 2.24) is 0 Å². The molecule has 0 fully saturated rings. The zero-order chi connectivity index (χ0) is 15.8. The van der Waals surface area contributed by atoms with Gasteiger partial charge in [0.15, 0.2) is 0 Å². The van der Waals surface area contributed by atoms with Crippen LogP contribution >= 0.6 is 0 Å². The predicted octanol–water partition coefficient (Wildman–Crippen LogP) is 3.83. The van der Waals surface area contributed by atoms with Crippen molar-refractivity contribution in [2.45, 2.75) is 20.3 Å². The SMILES string of the molecule is CCCOc1ccc(NCC(=O)Nc2cccc(C)c2)cc1. The Labute approximate surface area is 131 Å². The summed E-state index contributed by atoms with van der Waals surface area (Å²) < 4.78 is 5.52. The highest BCUT2D eigenvalue weighted by Crippen LogP contribution is 2.16. The lowest BCUT2D eigenvalue weighted by Gasteiger charge is -2.09. The maximum absolute atomic E-state index is 11.9. The van der Waals surface area contributed by atoms with Crippen LogP contribution in [0.25, 0.3) is 0 Å². The molecule has 4 nitrogen and oxygen atoms in total. The Morgan fingerprint density at radius 3 is 2.55 bits per heavy atom. The van der Waals surface area contributed by atoms with Crippen molar-refractivity contribution in [1.29, 1.82) is 0 Å². The number of benzene rings is 2. The molecule has 0 aliphatic carbocycles. The van der Waals surface area contributed by atoms with E-state index in [2.05, 4.69) is 17.6 Å². The molecular weight excluding hydrogens is 276 g/mol. The van der Waals surface area contributed by atoms with Gasteiger partial charge in [0.1, 0.15) is 5.75 Å². The van der Waals surface area contributed by atoms with Crippen LogP contribution in [-0.4, -0.2) is 19.1 Å². The molecule has 0 bridgehead atoms. The van der Waals surface area contributed by atoms with E-state index >= 15 is 0 Å². The van der Waals surface area contributed by atoms with Crippen LogP contribution in [-0.2, 0) is 4.79 Å². The molecule has 0 atom stereocenters. The molecule has 0 saturated carbocycles. The molecule has 0 aliphatic heterocycles. The van der Waals surface area contributed by atoms with Gasteiger partial charge in [-0.25, -0.2) is 0 Å². The monoisotopic (exact) mass is 298 g/mol. The molecule has 0 spiro atoms. The summed E-state index contributed by atoms with van der Waals surface area (Å²) in [4.78, 5) is 11.9. The van der Waals surface area contributed by atoms with Crippen molar-refractivity contribution in [3.8, 4) is 5.75 Å². The number of aryl methyl sites for hydroxylation is 1. The number of anilines is 2. The first-order valence-corrected chi connectivity index (χ1v) is 7.50. The number of nitrogens with one attached hydrogen (secondary N) is 2. The molecule has 0 saturated heterocycles. The van der Waals surface area contributed by atoms with E-state index in [0.717, 1.165) is 29.1 Å². The van der Waals surface area contributed by atoms with Crippen molar-refractivity contribution in [2.75, 3.05) is 23.8 Å². The standard InChI is InChI=1S/C18H22N2O2/c1-3-11-22-17-9-7-15(8-10-17)19-13-18(21)20-16-6-4-5-14(2)12-16/h4-10,12,19H,3,11,13H2,1-2H3,(H,20,21). The molecule has 22 heavy (non-hydrogen) atoms. The lowest BCUT2D eigenvalue weighted by molar-refractivity contribution is -0.114. The fourth-order valence-electron chi connectivity index (χ4n) is 2.00. The van der Waals surface area contributed by atoms with Crippen LogP contribution in [0.2, 0.25) is 0 Å². The molecule has 2 aromatic carbocycles. The summed E-state index contributed by atoms with van der Waals surface area (Å²) in [6.07, 6.45) is 0.985. The van der Waals surface area contributed by atoms with E-state index in [4.69, 9.17) is 4.74 Å². The van der Waals surface area contributed by atoms with Gasteiger partial charge in [0.05, 0.1) is 13.2 Å². The largest absolute Gasteiger partial charge is 0.494 e. The van der Waals surface area contributed by atoms with Crippen molar-refractivity contribution >= 4 is 17.3 Å². The van der Waals surface area contributed by atoms with Crippen molar-refractivity contribution in [2.24, 2.45) is 0 Å². The summed E-state index contributed by atoms with van der Waals surface area (Å²) in [5.74, 6) is 0.772. The quantitative estimate of drug-likeness (QED) is 0.816. The van der Waals surface area contributed by atoms with E-state index in [1.54, 1.807) is 0 Å². The minimum Gasteiger partial charge on any atom is -0.494 e. The Morgan fingerprint density at radius 2 is 1.86 bits per heavy atom. The molecule has 1 amide bonds. The van der Waals surface area contributed by atoms with E-state index in [1.807, 2.05) is 55.5 Å². The number of carbonyl (C=O) groups is 1. The zero-order valence-electron chi connectivity index (χ0n) is 13.1. The highest BCUT2D eigenvalue weighted by molar-refractivity contribution is 5.93. The number of rotatable bonds is 7. The minimum absolute atomic E-state index is 0.0723. The maximum Gasteiger partial charge on any atom is 0.243 e. The third-order valence-electron chi connectivity index (χ3n) is 3.08. The van der Waals surface area contributed by atoms with Gasteiger partial charge in [-0.1, -0.05) is 19.1 Å². The van der Waals surface area contributed by atoms with Crippen LogP contribution in [0.1, 0.15) is 18.9 Å². The average Bonchev–Trinajstić information content (AvgIpc) is 2.52. The van der Waals surface area contributed by atoms with E-state index in [0.29, 0.717) is 6.61 Å². The van der Waals surface area contributed by atoms with Crippen LogP contribution in [0.5, 0.6) is 5.75 Å². The van der Waals surface area contributed by atoms with Crippen LogP contribution in [0, 0.1) is 6.92 Å². The molecule has 2 rings (SSSR count). The molecule has 116 valence electrons. The molecule has 0 aliphatic rings. The summed E-state index contributed by atoms with van der Waals surface area (Å²) in [5, 5.41) is 5.96. The van der Waals surface area contributed by atoms with E-state index < -0.39 is 0 Å². The van der Waals surface area contributed by atoms with Crippen molar-refractivity contribution in [3.63, 3.8) is 0 Å². The van der Waals surface area contributed by atoms with E-state index in [9.17, 15) is 4.79 Å². The van der Waals surface area contributed by atoms with Crippen LogP contribution in [0.3, 0.4) is 0 Å². The van der Waals surface area contributed by atoms with Gasteiger partial charge in [-0.15, -0.1) is 0 Å². The van der Waals surface area contributed by atoms with Crippen LogP contribution in [0.15, 0.2) is 48.5 Å². The van der Waals surface area contributed by atoms with Crippen LogP contribution < -0.4 is 15.4 Å². The predicted molar refractivity (Wildman–Crippen MR) is 90.5 cm³/mol. The Balaban J connectivity index is 1.80. The second kappa shape index (κ2) is 8.08. The highest BCUT2D eigenvalue weighted by atomic mass is 16.5. The number of hydrogen-bond acceptors (Lipinski definition) is 3. The topological polar surface area (TPSA) is 50.4 Å². The minimum atomic E-state index is -0.0723. The number of hydrogen-bond donors (Lipinski definition) is 2. The Kier molecular flexibility index (Phi) is 5.83. The Hall–Kier alpha value is -2.49. The van der Waals surface area contributed by atoms with E-state index in [1.165, 1.54) is 0 Å². The normalized spacial score (nSPS) is 10.1. The second-order valence-corrected chi connectivity index (χ2v) is 5.14. The summed E-state index contributed by atoms with van der Waals surface area (Å²) in [5.41, 5.74) is 2.83. The maximum atomic E-state index is 11.9. The summed E-state index contributed by atoms with van der Waals surface area (Å²) in [7, 11) is 0. The van der Waals surface area contributed by atoms with Gasteiger partial charge < -0.3 is 15.4 Å². The van der Waals surface area contributed by atoms with Gasteiger partial charge in [0, 0.05) is 11.4 Å². The molecule has 4 heteroatoms. The van der Waals surface area contributed by atoms with E-state index in [-0.39, 0.29) is 12.5 Å². The summed E-state index contributed by atoms with van der Waals surface area (Å²) in [6.45, 7) is 5.01. The first-order chi connectivity index (χ1) is 10.7. The van der Waals surface area contributed by atoms with Gasteiger partial charge in [0.2, 0.25) is 5.91 Å². The highest BCUT2D eigenvalue weighted by Gasteiger charge is 2.02. The molecule has 0 heterocycles. The number of carbonyl (C=O) groups excluding carboxylic acids is 1. The fraction of sp³-hybridized carbons (Fsp3) is 0.278. The summed E-state index contributed by atoms with van der Waals surface area (Å²) in [6, 6.07) is 15.4.